The maximum atomic E-state index is 10.9. The third-order valence-corrected chi connectivity index (χ3v) is 3.62. The Hall–Kier alpha value is -2.34. The Morgan fingerprint density at radius 1 is 1.43 bits per heavy atom. The predicted octanol–water partition coefficient (Wildman–Crippen LogP) is 2.55. The van der Waals surface area contributed by atoms with Crippen molar-refractivity contribution < 1.29 is 23.9 Å². The van der Waals surface area contributed by atoms with E-state index in [1.54, 1.807) is 7.11 Å². The molecule has 0 radical (unpaired) electrons. The van der Waals surface area contributed by atoms with Gasteiger partial charge in [-0.3, -0.25) is 0 Å². The summed E-state index contributed by atoms with van der Waals surface area (Å²) >= 11 is 0. The van der Waals surface area contributed by atoms with Gasteiger partial charge in [-0.25, -0.2) is 4.79 Å². The minimum atomic E-state index is -1.12. The fourth-order valence-corrected chi connectivity index (χ4v) is 2.47. The van der Waals surface area contributed by atoms with Crippen LogP contribution in [0.1, 0.15) is 28.4 Å². The molecule has 0 bridgehead atoms. The molecular formula is C15H15NO5. The molecule has 6 heteroatoms. The number of carboxylic acids is 1. The number of hydrogen-bond acceptors (Lipinski definition) is 5. The van der Waals surface area contributed by atoms with Crippen LogP contribution in [0.4, 0.5) is 0 Å². The lowest BCUT2D eigenvalue weighted by atomic mass is 9.95. The smallest absolute Gasteiger partial charge is 0.358 e. The second-order valence-electron chi connectivity index (χ2n) is 4.90. The molecule has 1 fully saturated rings. The molecule has 0 aliphatic carbocycles. The Morgan fingerprint density at radius 2 is 2.29 bits per heavy atom. The van der Waals surface area contributed by atoms with Crippen molar-refractivity contribution >= 4 is 5.97 Å². The Morgan fingerprint density at radius 3 is 2.90 bits per heavy atom. The number of aromatic carboxylic acids is 1. The van der Waals surface area contributed by atoms with E-state index in [9.17, 15) is 4.79 Å². The molecule has 2 aromatic rings. The fraction of sp³-hybridized carbons (Fsp3) is 0.333. The summed E-state index contributed by atoms with van der Waals surface area (Å²) in [5, 5.41) is 12.5. The normalized spacial score (nSPS) is 17.9. The lowest BCUT2D eigenvalue weighted by molar-refractivity contribution is 0.0686. The van der Waals surface area contributed by atoms with Crippen molar-refractivity contribution in [3.63, 3.8) is 0 Å². The number of ether oxygens (including phenoxy) is 2. The van der Waals surface area contributed by atoms with E-state index in [-0.39, 0.29) is 5.69 Å². The highest BCUT2D eigenvalue weighted by molar-refractivity contribution is 5.86. The first kappa shape index (κ1) is 13.6. The zero-order chi connectivity index (χ0) is 14.8. The van der Waals surface area contributed by atoms with Crippen LogP contribution in [0.2, 0.25) is 0 Å². The van der Waals surface area contributed by atoms with Crippen LogP contribution in [-0.4, -0.2) is 36.6 Å². The van der Waals surface area contributed by atoms with E-state index in [0.717, 1.165) is 18.6 Å². The molecule has 0 amide bonds. The Kier molecular flexibility index (Phi) is 3.62. The molecule has 1 atom stereocenters. The topological polar surface area (TPSA) is 81.8 Å². The van der Waals surface area contributed by atoms with Crippen LogP contribution < -0.4 is 4.74 Å². The van der Waals surface area contributed by atoms with Gasteiger partial charge < -0.3 is 19.1 Å². The third-order valence-electron chi connectivity index (χ3n) is 3.62. The summed E-state index contributed by atoms with van der Waals surface area (Å²) in [5.74, 6) is 0.219. The summed E-state index contributed by atoms with van der Waals surface area (Å²) in [6, 6.07) is 7.20. The summed E-state index contributed by atoms with van der Waals surface area (Å²) < 4.78 is 15.9. The number of carbonyl (C=O) groups is 1. The second-order valence-corrected chi connectivity index (χ2v) is 4.90. The summed E-state index contributed by atoms with van der Waals surface area (Å²) in [5.41, 5.74) is 1.69. The summed E-state index contributed by atoms with van der Waals surface area (Å²) in [7, 11) is 1.56. The quantitative estimate of drug-likeness (QED) is 0.931. The van der Waals surface area contributed by atoms with E-state index in [1.165, 1.54) is 6.07 Å². The van der Waals surface area contributed by atoms with Crippen LogP contribution in [0, 0.1) is 0 Å². The molecule has 6 nitrogen and oxygen atoms in total. The molecule has 0 saturated carbocycles. The molecule has 1 unspecified atom stereocenters. The van der Waals surface area contributed by atoms with Crippen molar-refractivity contribution in [1.29, 1.82) is 0 Å². The number of hydrogen-bond donors (Lipinski definition) is 1. The minimum Gasteiger partial charge on any atom is -0.496 e. The molecule has 1 N–H and O–H groups in total. The molecule has 1 aromatic heterocycles. The third kappa shape index (κ3) is 2.62. The Balaban J connectivity index is 2.01. The van der Waals surface area contributed by atoms with Crippen LogP contribution in [0.15, 0.2) is 28.8 Å². The highest BCUT2D eigenvalue weighted by Gasteiger charge is 2.21. The van der Waals surface area contributed by atoms with Gasteiger partial charge in [0.1, 0.15) is 5.75 Å². The predicted molar refractivity (Wildman–Crippen MR) is 73.6 cm³/mol. The average molecular weight is 289 g/mol. The van der Waals surface area contributed by atoms with Crippen LogP contribution in [0.3, 0.4) is 0 Å². The second kappa shape index (κ2) is 5.57. The fourth-order valence-electron chi connectivity index (χ4n) is 2.47. The molecule has 1 aliphatic heterocycles. The zero-order valence-corrected chi connectivity index (χ0v) is 11.5. The summed E-state index contributed by atoms with van der Waals surface area (Å²) in [6.45, 7) is 1.46. The van der Waals surface area contributed by atoms with Gasteiger partial charge in [0.2, 0.25) is 0 Å². The molecule has 21 heavy (non-hydrogen) atoms. The van der Waals surface area contributed by atoms with E-state index in [0.29, 0.717) is 29.6 Å². The van der Waals surface area contributed by atoms with Crippen LogP contribution in [0.5, 0.6) is 5.75 Å². The maximum Gasteiger partial charge on any atom is 0.358 e. The number of methoxy groups -OCH3 is 1. The minimum absolute atomic E-state index is 0.123. The monoisotopic (exact) mass is 289 g/mol. The molecule has 0 spiro atoms. The molecule has 110 valence electrons. The van der Waals surface area contributed by atoms with Gasteiger partial charge in [-0.2, -0.15) is 0 Å². The average Bonchev–Trinajstić information content (AvgIpc) is 3.18. The largest absolute Gasteiger partial charge is 0.496 e. The van der Waals surface area contributed by atoms with E-state index in [1.807, 2.05) is 18.2 Å². The number of carboxylic acid groups (broad SMARTS) is 1. The molecule has 2 heterocycles. The van der Waals surface area contributed by atoms with Gasteiger partial charge in [-0.05, 0) is 24.1 Å². The van der Waals surface area contributed by atoms with E-state index >= 15 is 0 Å². The first-order valence-electron chi connectivity index (χ1n) is 6.65. The van der Waals surface area contributed by atoms with Crippen molar-refractivity contribution in [3.05, 3.63) is 35.5 Å². The van der Waals surface area contributed by atoms with Gasteiger partial charge in [0.05, 0.1) is 19.3 Å². The van der Waals surface area contributed by atoms with Crippen molar-refractivity contribution in [2.45, 2.75) is 12.3 Å². The molecule has 3 rings (SSSR count). The first-order valence-corrected chi connectivity index (χ1v) is 6.65. The summed E-state index contributed by atoms with van der Waals surface area (Å²) in [6.07, 6.45) is 0.975. The van der Waals surface area contributed by atoms with Crippen molar-refractivity contribution in [2.75, 3.05) is 20.3 Å². The van der Waals surface area contributed by atoms with Gasteiger partial charge in [0.15, 0.2) is 11.5 Å². The highest BCUT2D eigenvalue weighted by Crippen LogP contribution is 2.35. The molecule has 1 saturated heterocycles. The molecule has 1 aromatic carbocycles. The van der Waals surface area contributed by atoms with Crippen molar-refractivity contribution in [1.82, 2.24) is 5.16 Å². The summed E-state index contributed by atoms with van der Waals surface area (Å²) in [4.78, 5) is 10.9. The molecular weight excluding hydrogens is 274 g/mol. The molecule has 1 aliphatic rings. The van der Waals surface area contributed by atoms with Gasteiger partial charge in [-0.1, -0.05) is 11.2 Å². The van der Waals surface area contributed by atoms with E-state index in [2.05, 4.69) is 5.16 Å². The Bertz CT molecular complexity index is 658. The van der Waals surface area contributed by atoms with Crippen molar-refractivity contribution in [2.24, 2.45) is 0 Å². The van der Waals surface area contributed by atoms with Crippen LogP contribution in [0.25, 0.3) is 11.3 Å². The van der Waals surface area contributed by atoms with Gasteiger partial charge in [-0.15, -0.1) is 0 Å². The SMILES string of the molecule is COc1ccc(C2CCOC2)cc1-c1cc(C(=O)O)no1. The number of benzene rings is 1. The van der Waals surface area contributed by atoms with Gasteiger partial charge in [0, 0.05) is 18.6 Å². The van der Waals surface area contributed by atoms with E-state index < -0.39 is 5.97 Å². The van der Waals surface area contributed by atoms with Gasteiger partial charge >= 0.3 is 5.97 Å². The highest BCUT2D eigenvalue weighted by atomic mass is 16.5. The first-order chi connectivity index (χ1) is 10.2. The standard InChI is InChI=1S/C15H15NO5/c1-19-13-3-2-9(10-4-5-20-8-10)6-11(13)14-7-12(15(17)18)16-21-14/h2-3,6-7,10H,4-5,8H2,1H3,(H,17,18). The van der Waals surface area contributed by atoms with Gasteiger partial charge in [0.25, 0.3) is 0 Å². The van der Waals surface area contributed by atoms with E-state index in [4.69, 9.17) is 19.1 Å². The number of nitrogens with zero attached hydrogens (tertiary/aromatic N) is 1. The lowest BCUT2D eigenvalue weighted by Gasteiger charge is -2.12. The lowest BCUT2D eigenvalue weighted by Crippen LogP contribution is -1.98. The van der Waals surface area contributed by atoms with Crippen LogP contribution in [-0.2, 0) is 4.74 Å². The van der Waals surface area contributed by atoms with Crippen molar-refractivity contribution in [3.8, 4) is 17.1 Å². The number of rotatable bonds is 4. The number of aromatic nitrogens is 1. The maximum absolute atomic E-state index is 10.9. The van der Waals surface area contributed by atoms with Crippen LogP contribution >= 0.6 is 0 Å². The zero-order valence-electron chi connectivity index (χ0n) is 11.5. The Labute approximate surface area is 121 Å².